The Balaban J connectivity index is 2.74. The lowest BCUT2D eigenvalue weighted by atomic mass is 10.0. The Morgan fingerprint density at radius 3 is 2.47 bits per heavy atom. The molecule has 2 aromatic rings. The SMILES string of the molecule is CC(C)c1ccc2ncn(C(C)C)c(=O)c2c1. The normalized spacial score (nSPS) is 11.6. The van der Waals surface area contributed by atoms with E-state index in [0.29, 0.717) is 11.3 Å². The number of rotatable bonds is 2. The monoisotopic (exact) mass is 230 g/mol. The summed E-state index contributed by atoms with van der Waals surface area (Å²) in [6.07, 6.45) is 1.63. The van der Waals surface area contributed by atoms with Crippen LogP contribution in [0.2, 0.25) is 0 Å². The predicted molar refractivity (Wildman–Crippen MR) is 70.5 cm³/mol. The Hall–Kier alpha value is -1.64. The van der Waals surface area contributed by atoms with Crippen LogP contribution in [0.4, 0.5) is 0 Å². The summed E-state index contributed by atoms with van der Waals surface area (Å²) in [5.74, 6) is 0.423. The first-order chi connectivity index (χ1) is 8.00. The Bertz CT molecular complexity index is 591. The van der Waals surface area contributed by atoms with Gasteiger partial charge in [0.05, 0.1) is 17.2 Å². The molecule has 0 radical (unpaired) electrons. The molecular weight excluding hydrogens is 212 g/mol. The van der Waals surface area contributed by atoms with Crippen molar-refractivity contribution < 1.29 is 0 Å². The van der Waals surface area contributed by atoms with Crippen molar-refractivity contribution in [3.05, 3.63) is 40.4 Å². The van der Waals surface area contributed by atoms with Crippen molar-refractivity contribution >= 4 is 10.9 Å². The highest BCUT2D eigenvalue weighted by molar-refractivity contribution is 5.78. The summed E-state index contributed by atoms with van der Waals surface area (Å²) < 4.78 is 1.67. The molecule has 0 aliphatic rings. The molecule has 3 heteroatoms. The maximum Gasteiger partial charge on any atom is 0.261 e. The Kier molecular flexibility index (Phi) is 3.01. The van der Waals surface area contributed by atoms with Crippen molar-refractivity contribution in [2.24, 2.45) is 0 Å². The van der Waals surface area contributed by atoms with Crippen LogP contribution >= 0.6 is 0 Å². The Morgan fingerprint density at radius 2 is 1.88 bits per heavy atom. The Labute approximate surface area is 101 Å². The molecule has 1 aromatic heterocycles. The molecule has 0 N–H and O–H groups in total. The molecular formula is C14H18N2O. The smallest absolute Gasteiger partial charge is 0.261 e. The summed E-state index contributed by atoms with van der Waals surface area (Å²) in [7, 11) is 0. The summed E-state index contributed by atoms with van der Waals surface area (Å²) in [5.41, 5.74) is 2.00. The lowest BCUT2D eigenvalue weighted by molar-refractivity contribution is 0.573. The molecule has 0 aliphatic carbocycles. The summed E-state index contributed by atoms with van der Waals surface area (Å²) >= 11 is 0. The molecule has 0 fully saturated rings. The van der Waals surface area contributed by atoms with Crippen LogP contribution in [0, 0.1) is 0 Å². The van der Waals surface area contributed by atoms with Gasteiger partial charge in [-0.2, -0.15) is 0 Å². The average molecular weight is 230 g/mol. The van der Waals surface area contributed by atoms with Gasteiger partial charge in [0, 0.05) is 6.04 Å². The summed E-state index contributed by atoms with van der Waals surface area (Å²) in [6.45, 7) is 8.22. The van der Waals surface area contributed by atoms with E-state index in [1.807, 2.05) is 32.0 Å². The molecule has 3 nitrogen and oxygen atoms in total. The van der Waals surface area contributed by atoms with E-state index in [2.05, 4.69) is 18.8 Å². The van der Waals surface area contributed by atoms with E-state index in [1.165, 1.54) is 5.56 Å². The second-order valence-corrected chi connectivity index (χ2v) is 4.98. The average Bonchev–Trinajstić information content (AvgIpc) is 2.28. The second-order valence-electron chi connectivity index (χ2n) is 4.98. The standard InChI is InChI=1S/C14H18N2O/c1-9(2)11-5-6-13-12(7-11)14(17)16(8-15-13)10(3)4/h5-10H,1-4H3. The van der Waals surface area contributed by atoms with Crippen molar-refractivity contribution in [3.8, 4) is 0 Å². The van der Waals surface area contributed by atoms with Gasteiger partial charge in [0.2, 0.25) is 0 Å². The fraction of sp³-hybridized carbons (Fsp3) is 0.429. The van der Waals surface area contributed by atoms with E-state index in [4.69, 9.17) is 0 Å². The number of hydrogen-bond acceptors (Lipinski definition) is 2. The molecule has 0 unspecified atom stereocenters. The first kappa shape index (κ1) is 11.8. The minimum atomic E-state index is 0.0486. The minimum absolute atomic E-state index is 0.0486. The van der Waals surface area contributed by atoms with Crippen molar-refractivity contribution in [1.82, 2.24) is 9.55 Å². The number of aromatic nitrogens is 2. The van der Waals surface area contributed by atoms with Crippen LogP contribution in [-0.2, 0) is 0 Å². The van der Waals surface area contributed by atoms with Crippen LogP contribution in [0.1, 0.15) is 45.2 Å². The third-order valence-corrected chi connectivity index (χ3v) is 3.03. The van der Waals surface area contributed by atoms with Gasteiger partial charge in [-0.1, -0.05) is 19.9 Å². The molecule has 0 saturated heterocycles. The van der Waals surface area contributed by atoms with Gasteiger partial charge in [-0.3, -0.25) is 9.36 Å². The topological polar surface area (TPSA) is 34.9 Å². The zero-order chi connectivity index (χ0) is 12.6. The van der Waals surface area contributed by atoms with E-state index in [9.17, 15) is 4.79 Å². The minimum Gasteiger partial charge on any atom is -0.296 e. The quantitative estimate of drug-likeness (QED) is 0.794. The number of hydrogen-bond donors (Lipinski definition) is 0. The van der Waals surface area contributed by atoms with Gasteiger partial charge in [-0.15, -0.1) is 0 Å². The first-order valence-corrected chi connectivity index (χ1v) is 6.01. The van der Waals surface area contributed by atoms with E-state index < -0.39 is 0 Å². The molecule has 0 atom stereocenters. The van der Waals surface area contributed by atoms with Crippen molar-refractivity contribution in [2.75, 3.05) is 0 Å². The zero-order valence-corrected chi connectivity index (χ0v) is 10.8. The highest BCUT2D eigenvalue weighted by atomic mass is 16.1. The molecule has 0 bridgehead atoms. The molecule has 0 aliphatic heterocycles. The lowest BCUT2D eigenvalue weighted by Crippen LogP contribution is -2.22. The molecule has 2 rings (SSSR count). The van der Waals surface area contributed by atoms with Crippen LogP contribution in [0.25, 0.3) is 10.9 Å². The summed E-state index contributed by atoms with van der Waals surface area (Å²) in [5, 5.41) is 0.715. The van der Waals surface area contributed by atoms with Crippen molar-refractivity contribution in [3.63, 3.8) is 0 Å². The maximum atomic E-state index is 12.3. The van der Waals surface area contributed by atoms with Crippen LogP contribution in [0.5, 0.6) is 0 Å². The van der Waals surface area contributed by atoms with E-state index in [1.54, 1.807) is 10.9 Å². The molecule has 0 spiro atoms. The van der Waals surface area contributed by atoms with Crippen molar-refractivity contribution in [1.29, 1.82) is 0 Å². The van der Waals surface area contributed by atoms with Gasteiger partial charge in [-0.05, 0) is 37.5 Å². The largest absolute Gasteiger partial charge is 0.296 e. The highest BCUT2D eigenvalue weighted by Crippen LogP contribution is 2.18. The third kappa shape index (κ3) is 2.09. The maximum absolute atomic E-state index is 12.3. The third-order valence-electron chi connectivity index (χ3n) is 3.03. The Morgan fingerprint density at radius 1 is 1.18 bits per heavy atom. The molecule has 1 heterocycles. The number of nitrogens with zero attached hydrogens (tertiary/aromatic N) is 2. The summed E-state index contributed by atoms with van der Waals surface area (Å²) in [4.78, 5) is 16.6. The summed E-state index contributed by atoms with van der Waals surface area (Å²) in [6, 6.07) is 6.08. The molecule has 90 valence electrons. The van der Waals surface area contributed by atoms with Crippen LogP contribution in [0.15, 0.2) is 29.3 Å². The molecule has 0 amide bonds. The van der Waals surface area contributed by atoms with Crippen LogP contribution < -0.4 is 5.56 Å². The fourth-order valence-corrected chi connectivity index (χ4v) is 1.88. The number of fused-ring (bicyclic) bond motifs is 1. The van der Waals surface area contributed by atoms with Crippen LogP contribution in [0.3, 0.4) is 0 Å². The van der Waals surface area contributed by atoms with E-state index >= 15 is 0 Å². The molecule has 17 heavy (non-hydrogen) atoms. The van der Waals surface area contributed by atoms with Gasteiger partial charge in [0.1, 0.15) is 0 Å². The molecule has 0 saturated carbocycles. The van der Waals surface area contributed by atoms with Gasteiger partial charge in [0.15, 0.2) is 0 Å². The molecule has 1 aromatic carbocycles. The van der Waals surface area contributed by atoms with Crippen LogP contribution in [-0.4, -0.2) is 9.55 Å². The van der Waals surface area contributed by atoms with Gasteiger partial charge < -0.3 is 0 Å². The zero-order valence-electron chi connectivity index (χ0n) is 10.8. The van der Waals surface area contributed by atoms with E-state index in [0.717, 1.165) is 5.52 Å². The lowest BCUT2D eigenvalue weighted by Gasteiger charge is -2.11. The highest BCUT2D eigenvalue weighted by Gasteiger charge is 2.08. The van der Waals surface area contributed by atoms with Crippen molar-refractivity contribution in [2.45, 2.75) is 39.7 Å². The first-order valence-electron chi connectivity index (χ1n) is 6.01. The van der Waals surface area contributed by atoms with Gasteiger partial charge in [-0.25, -0.2) is 4.98 Å². The second kappa shape index (κ2) is 4.32. The van der Waals surface area contributed by atoms with E-state index in [-0.39, 0.29) is 11.6 Å². The fourth-order valence-electron chi connectivity index (χ4n) is 1.88. The number of benzene rings is 1. The predicted octanol–water partition coefficient (Wildman–Crippen LogP) is 3.10. The van der Waals surface area contributed by atoms with Gasteiger partial charge in [0.25, 0.3) is 5.56 Å². The van der Waals surface area contributed by atoms with Gasteiger partial charge >= 0.3 is 0 Å².